The second-order valence-corrected chi connectivity index (χ2v) is 4.20. The Morgan fingerprint density at radius 1 is 1.60 bits per heavy atom. The molecule has 1 atom stereocenters. The first-order valence-corrected chi connectivity index (χ1v) is 4.70. The van der Waals surface area contributed by atoms with Crippen molar-refractivity contribution in [3.05, 3.63) is 0 Å². The van der Waals surface area contributed by atoms with Crippen molar-refractivity contribution in [2.24, 2.45) is 5.41 Å². The van der Waals surface area contributed by atoms with E-state index in [-0.39, 0.29) is 18.4 Å². The van der Waals surface area contributed by atoms with E-state index in [1.807, 2.05) is 0 Å². The Kier molecular flexibility index (Phi) is 3.26. The van der Waals surface area contributed by atoms with Gasteiger partial charge in [-0.2, -0.15) is 0 Å². The van der Waals surface area contributed by atoms with E-state index in [0.29, 0.717) is 6.54 Å². The van der Waals surface area contributed by atoms with E-state index in [0.717, 1.165) is 0 Å². The molecule has 1 saturated heterocycles. The van der Waals surface area contributed by atoms with Gasteiger partial charge in [0.05, 0.1) is 6.04 Å². The maximum atomic E-state index is 12.5. The molecule has 0 aromatic heterocycles. The van der Waals surface area contributed by atoms with Gasteiger partial charge in [-0.25, -0.2) is 8.78 Å². The zero-order valence-electron chi connectivity index (χ0n) is 8.64. The fourth-order valence-corrected chi connectivity index (χ4v) is 1.18. The van der Waals surface area contributed by atoms with Crippen molar-refractivity contribution in [1.29, 1.82) is 0 Å². The predicted octanol–water partition coefficient (Wildman–Crippen LogP) is 0.282. The number of alkyl halides is 2. The molecule has 0 aromatic rings. The summed E-state index contributed by atoms with van der Waals surface area (Å²) in [6.45, 7) is 2.66. The Bertz CT molecular complexity index is 279. The smallest absolute Gasteiger partial charge is 0.252 e. The molecule has 1 heterocycles. The summed E-state index contributed by atoms with van der Waals surface area (Å²) in [6.07, 6.45) is -2.56. The van der Waals surface area contributed by atoms with Gasteiger partial charge < -0.3 is 10.6 Å². The molecule has 86 valence electrons. The summed E-state index contributed by atoms with van der Waals surface area (Å²) in [5.41, 5.74) is -1.72. The minimum absolute atomic E-state index is 0.158. The van der Waals surface area contributed by atoms with Crippen molar-refractivity contribution >= 4 is 11.8 Å². The number of carbonyl (C=O) groups is 2. The van der Waals surface area contributed by atoms with Crippen LogP contribution < -0.4 is 10.6 Å². The van der Waals surface area contributed by atoms with Crippen molar-refractivity contribution in [2.45, 2.75) is 32.7 Å². The first-order chi connectivity index (χ1) is 6.84. The third-order valence-electron chi connectivity index (χ3n) is 2.44. The lowest BCUT2D eigenvalue weighted by Crippen LogP contribution is -2.46. The molecule has 6 heteroatoms. The number of amides is 2. The van der Waals surface area contributed by atoms with E-state index in [1.54, 1.807) is 0 Å². The van der Waals surface area contributed by atoms with Crippen LogP contribution in [0.25, 0.3) is 0 Å². The van der Waals surface area contributed by atoms with E-state index in [9.17, 15) is 18.4 Å². The van der Waals surface area contributed by atoms with Crippen molar-refractivity contribution in [3.63, 3.8) is 0 Å². The Labute approximate surface area is 86.4 Å². The number of hydrogen-bond acceptors (Lipinski definition) is 2. The molecule has 0 radical (unpaired) electrons. The number of carbonyl (C=O) groups excluding carboxylic acids is 2. The lowest BCUT2D eigenvalue weighted by atomic mass is 9.92. The molecule has 0 aliphatic carbocycles. The topological polar surface area (TPSA) is 58.2 Å². The van der Waals surface area contributed by atoms with Crippen LogP contribution in [0.15, 0.2) is 0 Å². The van der Waals surface area contributed by atoms with Gasteiger partial charge >= 0.3 is 0 Å². The normalized spacial score (nSPS) is 21.7. The highest BCUT2D eigenvalue weighted by molar-refractivity contribution is 5.85. The third kappa shape index (κ3) is 2.64. The molecule has 0 bridgehead atoms. The molecule has 4 nitrogen and oxygen atoms in total. The van der Waals surface area contributed by atoms with Gasteiger partial charge in [0.15, 0.2) is 0 Å². The second-order valence-electron chi connectivity index (χ2n) is 4.20. The molecule has 1 aliphatic heterocycles. The van der Waals surface area contributed by atoms with Crippen LogP contribution >= 0.6 is 0 Å². The highest BCUT2D eigenvalue weighted by atomic mass is 19.3. The number of nitrogens with one attached hydrogen (secondary N) is 2. The number of hydrogen-bond donors (Lipinski definition) is 2. The quantitative estimate of drug-likeness (QED) is 0.717. The van der Waals surface area contributed by atoms with Gasteiger partial charge in [-0.3, -0.25) is 9.59 Å². The van der Waals surface area contributed by atoms with Crippen LogP contribution in [0.1, 0.15) is 20.3 Å². The van der Waals surface area contributed by atoms with E-state index in [4.69, 9.17) is 0 Å². The average Bonchev–Trinajstić information content (AvgIpc) is 2.50. The van der Waals surface area contributed by atoms with Crippen molar-refractivity contribution in [1.82, 2.24) is 10.6 Å². The molecule has 1 unspecified atom stereocenters. The molecule has 2 N–H and O–H groups in total. The van der Waals surface area contributed by atoms with Crippen LogP contribution in [0.2, 0.25) is 0 Å². The van der Waals surface area contributed by atoms with Gasteiger partial charge in [-0.15, -0.1) is 0 Å². The van der Waals surface area contributed by atoms with Crippen LogP contribution in [0.5, 0.6) is 0 Å². The Morgan fingerprint density at radius 2 is 2.20 bits per heavy atom. The van der Waals surface area contributed by atoms with Gasteiger partial charge in [0.1, 0.15) is 5.41 Å². The Balaban J connectivity index is 2.52. The zero-order valence-corrected chi connectivity index (χ0v) is 8.64. The van der Waals surface area contributed by atoms with Crippen molar-refractivity contribution in [2.75, 3.05) is 6.54 Å². The van der Waals surface area contributed by atoms with Gasteiger partial charge in [-0.1, -0.05) is 0 Å². The minimum Gasteiger partial charge on any atom is -0.354 e. The SMILES string of the molecule is CC(C)(C(=O)NC1CNC(=O)C1)C(F)F. The molecule has 15 heavy (non-hydrogen) atoms. The van der Waals surface area contributed by atoms with Gasteiger partial charge in [0.25, 0.3) is 6.43 Å². The molecule has 0 aromatic carbocycles. The highest BCUT2D eigenvalue weighted by Crippen LogP contribution is 2.25. The fraction of sp³-hybridized carbons (Fsp3) is 0.778. The predicted molar refractivity (Wildman–Crippen MR) is 49.3 cm³/mol. The van der Waals surface area contributed by atoms with Crippen molar-refractivity contribution < 1.29 is 18.4 Å². The summed E-state index contributed by atoms with van der Waals surface area (Å²) in [6, 6.07) is -0.372. The van der Waals surface area contributed by atoms with Crippen LogP contribution in [0.3, 0.4) is 0 Å². The first kappa shape index (κ1) is 11.9. The standard InChI is InChI=1S/C9H14F2N2O2/c1-9(2,7(10)11)8(15)13-5-3-6(14)12-4-5/h5,7H,3-4H2,1-2H3,(H,12,14)(H,13,15). The van der Waals surface area contributed by atoms with Crippen LogP contribution in [-0.4, -0.2) is 30.8 Å². The van der Waals surface area contributed by atoms with Crippen LogP contribution in [-0.2, 0) is 9.59 Å². The maximum Gasteiger partial charge on any atom is 0.252 e. The molecule has 0 spiro atoms. The number of rotatable bonds is 3. The summed E-state index contributed by atoms with van der Waals surface area (Å²) in [5, 5.41) is 4.94. The van der Waals surface area contributed by atoms with E-state index >= 15 is 0 Å². The van der Waals surface area contributed by atoms with E-state index in [1.165, 1.54) is 13.8 Å². The van der Waals surface area contributed by atoms with Crippen molar-refractivity contribution in [3.8, 4) is 0 Å². The van der Waals surface area contributed by atoms with Crippen LogP contribution in [0.4, 0.5) is 8.78 Å². The van der Waals surface area contributed by atoms with Crippen LogP contribution in [0, 0.1) is 5.41 Å². The average molecular weight is 220 g/mol. The minimum atomic E-state index is -2.72. The summed E-state index contributed by atoms with van der Waals surface area (Å²) in [7, 11) is 0. The Morgan fingerprint density at radius 3 is 2.60 bits per heavy atom. The summed E-state index contributed by atoms with van der Waals surface area (Å²) in [4.78, 5) is 22.2. The summed E-state index contributed by atoms with van der Waals surface area (Å²) >= 11 is 0. The zero-order chi connectivity index (χ0) is 11.6. The van der Waals surface area contributed by atoms with E-state index in [2.05, 4.69) is 10.6 Å². The van der Waals surface area contributed by atoms with E-state index < -0.39 is 17.7 Å². The Hall–Kier alpha value is -1.20. The molecule has 0 saturated carbocycles. The number of halogens is 2. The fourth-order valence-electron chi connectivity index (χ4n) is 1.18. The second kappa shape index (κ2) is 4.12. The summed E-state index contributed by atoms with van der Waals surface area (Å²) in [5.74, 6) is -0.894. The molecule has 1 rings (SSSR count). The molecule has 1 aliphatic rings. The molecule has 1 fully saturated rings. The molecule has 2 amide bonds. The largest absolute Gasteiger partial charge is 0.354 e. The highest BCUT2D eigenvalue weighted by Gasteiger charge is 2.39. The lowest BCUT2D eigenvalue weighted by molar-refractivity contribution is -0.138. The third-order valence-corrected chi connectivity index (χ3v) is 2.44. The maximum absolute atomic E-state index is 12.5. The first-order valence-electron chi connectivity index (χ1n) is 4.70. The van der Waals surface area contributed by atoms with Gasteiger partial charge in [0, 0.05) is 13.0 Å². The monoisotopic (exact) mass is 220 g/mol. The van der Waals surface area contributed by atoms with Gasteiger partial charge in [0.2, 0.25) is 11.8 Å². The molecular formula is C9H14F2N2O2. The van der Waals surface area contributed by atoms with Gasteiger partial charge in [-0.05, 0) is 13.8 Å². The molecular weight excluding hydrogens is 206 g/mol. The summed E-state index contributed by atoms with van der Waals surface area (Å²) < 4.78 is 24.9. The lowest BCUT2D eigenvalue weighted by Gasteiger charge is -2.24.